The Morgan fingerprint density at radius 3 is 2.58 bits per heavy atom. The molecule has 130 valence electrons. The standard InChI is InChI=1S/C22H21N3O/c1-24-11-13-25(14-12-24)16-9-10-23-20(15-16)19-7-4-6-18-17-5-2-3-8-21(17)26-22(18)19/h2-10,15H,11-14H2,1H3. The van der Waals surface area contributed by atoms with Crippen LogP contribution in [-0.2, 0) is 0 Å². The van der Waals surface area contributed by atoms with Crippen LogP contribution in [0.15, 0.2) is 65.2 Å². The van der Waals surface area contributed by atoms with Crippen molar-refractivity contribution in [1.82, 2.24) is 9.88 Å². The van der Waals surface area contributed by atoms with Crippen LogP contribution < -0.4 is 4.90 Å². The van der Waals surface area contributed by atoms with Crippen LogP contribution in [0.3, 0.4) is 0 Å². The summed E-state index contributed by atoms with van der Waals surface area (Å²) in [5.74, 6) is 0. The third-order valence-corrected chi connectivity index (χ3v) is 5.29. The maximum Gasteiger partial charge on any atom is 0.144 e. The van der Waals surface area contributed by atoms with Crippen molar-refractivity contribution < 1.29 is 4.42 Å². The highest BCUT2D eigenvalue weighted by Gasteiger charge is 2.17. The molecule has 4 heteroatoms. The van der Waals surface area contributed by atoms with E-state index in [1.807, 2.05) is 18.3 Å². The van der Waals surface area contributed by atoms with Crippen LogP contribution >= 0.6 is 0 Å². The van der Waals surface area contributed by atoms with Gasteiger partial charge in [-0.2, -0.15) is 0 Å². The molecule has 1 aliphatic rings. The molecular formula is C22H21N3O. The Labute approximate surface area is 152 Å². The molecule has 1 aliphatic heterocycles. The number of hydrogen-bond donors (Lipinski definition) is 0. The molecule has 0 radical (unpaired) electrons. The normalized spacial score (nSPS) is 15.8. The Balaban J connectivity index is 1.61. The lowest BCUT2D eigenvalue weighted by Gasteiger charge is -2.34. The molecule has 1 saturated heterocycles. The molecular weight excluding hydrogens is 322 g/mol. The van der Waals surface area contributed by atoms with Crippen LogP contribution in [0.2, 0.25) is 0 Å². The number of likely N-dealkylation sites (N-methyl/N-ethyl adjacent to an activating group) is 1. The summed E-state index contributed by atoms with van der Waals surface area (Å²) in [5.41, 5.74) is 5.08. The summed E-state index contributed by atoms with van der Waals surface area (Å²) in [7, 11) is 2.18. The monoisotopic (exact) mass is 343 g/mol. The minimum absolute atomic E-state index is 0.914. The van der Waals surface area contributed by atoms with Gasteiger partial charge >= 0.3 is 0 Å². The van der Waals surface area contributed by atoms with Crippen molar-refractivity contribution in [1.29, 1.82) is 0 Å². The Morgan fingerprint density at radius 1 is 0.885 bits per heavy atom. The van der Waals surface area contributed by atoms with E-state index in [0.717, 1.165) is 59.4 Å². The van der Waals surface area contributed by atoms with Crippen LogP contribution in [0.4, 0.5) is 5.69 Å². The van der Waals surface area contributed by atoms with E-state index in [1.54, 1.807) is 0 Å². The molecule has 3 heterocycles. The van der Waals surface area contributed by atoms with Crippen LogP contribution in [0, 0.1) is 0 Å². The Bertz CT molecular complexity index is 1080. The third kappa shape index (κ3) is 2.54. The minimum atomic E-state index is 0.914. The first-order valence-electron chi connectivity index (χ1n) is 9.10. The topological polar surface area (TPSA) is 32.5 Å². The lowest BCUT2D eigenvalue weighted by molar-refractivity contribution is 0.313. The first-order valence-corrected chi connectivity index (χ1v) is 9.10. The molecule has 5 rings (SSSR count). The Hall–Kier alpha value is -2.85. The first-order chi connectivity index (χ1) is 12.8. The SMILES string of the molecule is CN1CCN(c2ccnc(-c3cccc4c3oc3ccccc34)c2)CC1. The molecule has 26 heavy (non-hydrogen) atoms. The van der Waals surface area contributed by atoms with Gasteiger partial charge in [-0.15, -0.1) is 0 Å². The van der Waals surface area contributed by atoms with Gasteiger partial charge in [-0.05, 0) is 31.3 Å². The third-order valence-electron chi connectivity index (χ3n) is 5.29. The zero-order chi connectivity index (χ0) is 17.5. The van der Waals surface area contributed by atoms with Gasteiger partial charge in [0.05, 0.1) is 5.69 Å². The number of para-hydroxylation sites is 2. The molecule has 0 amide bonds. The smallest absolute Gasteiger partial charge is 0.144 e. The predicted octanol–water partition coefficient (Wildman–Crippen LogP) is 4.40. The fourth-order valence-electron chi connectivity index (χ4n) is 3.78. The van der Waals surface area contributed by atoms with Gasteiger partial charge in [0.2, 0.25) is 0 Å². The predicted molar refractivity (Wildman–Crippen MR) is 107 cm³/mol. The average Bonchev–Trinajstić information content (AvgIpc) is 3.07. The number of pyridine rings is 1. The number of aromatic nitrogens is 1. The Kier molecular flexibility index (Phi) is 3.64. The summed E-state index contributed by atoms with van der Waals surface area (Å²) in [4.78, 5) is 9.45. The van der Waals surface area contributed by atoms with Gasteiger partial charge in [-0.3, -0.25) is 4.98 Å². The Morgan fingerprint density at radius 2 is 1.69 bits per heavy atom. The zero-order valence-electron chi connectivity index (χ0n) is 14.9. The first kappa shape index (κ1) is 15.4. The van der Waals surface area contributed by atoms with Gasteiger partial charge in [-0.25, -0.2) is 0 Å². The summed E-state index contributed by atoms with van der Waals surface area (Å²) >= 11 is 0. The van der Waals surface area contributed by atoms with E-state index in [-0.39, 0.29) is 0 Å². The van der Waals surface area contributed by atoms with Gasteiger partial charge in [0.15, 0.2) is 0 Å². The number of furan rings is 1. The molecule has 0 spiro atoms. The van der Waals surface area contributed by atoms with Gasteiger partial charge in [0, 0.05) is 54.4 Å². The fourth-order valence-corrected chi connectivity index (χ4v) is 3.78. The van der Waals surface area contributed by atoms with E-state index >= 15 is 0 Å². The number of nitrogens with zero attached hydrogens (tertiary/aromatic N) is 3. The van der Waals surface area contributed by atoms with Crippen molar-refractivity contribution >= 4 is 27.6 Å². The van der Waals surface area contributed by atoms with E-state index < -0.39 is 0 Å². The second-order valence-electron chi connectivity index (χ2n) is 6.97. The lowest BCUT2D eigenvalue weighted by Crippen LogP contribution is -2.44. The molecule has 4 nitrogen and oxygen atoms in total. The second kappa shape index (κ2) is 6.15. The van der Waals surface area contributed by atoms with Crippen molar-refractivity contribution in [3.8, 4) is 11.3 Å². The average molecular weight is 343 g/mol. The molecule has 4 aromatic rings. The number of anilines is 1. The highest BCUT2D eigenvalue weighted by Crippen LogP contribution is 2.35. The lowest BCUT2D eigenvalue weighted by atomic mass is 10.1. The highest BCUT2D eigenvalue weighted by molar-refractivity contribution is 6.09. The van der Waals surface area contributed by atoms with Gasteiger partial charge in [-0.1, -0.05) is 30.3 Å². The largest absolute Gasteiger partial charge is 0.455 e. The van der Waals surface area contributed by atoms with E-state index in [1.165, 1.54) is 5.69 Å². The zero-order valence-corrected chi connectivity index (χ0v) is 14.9. The molecule has 2 aromatic heterocycles. The van der Waals surface area contributed by atoms with Gasteiger partial charge < -0.3 is 14.2 Å². The van der Waals surface area contributed by atoms with E-state index in [4.69, 9.17) is 4.42 Å². The summed E-state index contributed by atoms with van der Waals surface area (Å²) in [5, 5.41) is 2.30. The number of rotatable bonds is 2. The van der Waals surface area contributed by atoms with Crippen molar-refractivity contribution in [2.75, 3.05) is 38.1 Å². The van der Waals surface area contributed by atoms with Crippen molar-refractivity contribution in [2.45, 2.75) is 0 Å². The number of hydrogen-bond acceptors (Lipinski definition) is 4. The maximum absolute atomic E-state index is 6.18. The van der Waals surface area contributed by atoms with Crippen molar-refractivity contribution in [3.63, 3.8) is 0 Å². The summed E-state index contributed by atoms with van der Waals surface area (Å²) in [6.45, 7) is 4.29. The van der Waals surface area contributed by atoms with Crippen LogP contribution in [0.25, 0.3) is 33.2 Å². The number of benzene rings is 2. The van der Waals surface area contributed by atoms with E-state index in [2.05, 4.69) is 64.3 Å². The quantitative estimate of drug-likeness (QED) is 0.540. The molecule has 0 bridgehead atoms. The molecule has 2 aromatic carbocycles. The van der Waals surface area contributed by atoms with Gasteiger partial charge in [0.1, 0.15) is 11.2 Å². The molecule has 0 atom stereocenters. The van der Waals surface area contributed by atoms with Crippen LogP contribution in [0.1, 0.15) is 0 Å². The maximum atomic E-state index is 6.18. The minimum Gasteiger partial charge on any atom is -0.455 e. The van der Waals surface area contributed by atoms with E-state index in [0.29, 0.717) is 0 Å². The molecule has 0 N–H and O–H groups in total. The van der Waals surface area contributed by atoms with Crippen LogP contribution in [-0.4, -0.2) is 43.1 Å². The molecule has 0 aliphatic carbocycles. The van der Waals surface area contributed by atoms with Gasteiger partial charge in [0.25, 0.3) is 0 Å². The van der Waals surface area contributed by atoms with E-state index in [9.17, 15) is 0 Å². The highest BCUT2D eigenvalue weighted by atomic mass is 16.3. The molecule has 1 fully saturated rings. The molecule has 0 unspecified atom stereocenters. The molecule has 0 saturated carbocycles. The fraction of sp³-hybridized carbons (Fsp3) is 0.227. The van der Waals surface area contributed by atoms with Crippen molar-refractivity contribution in [3.05, 3.63) is 60.8 Å². The summed E-state index contributed by atoms with van der Waals surface area (Å²) in [6.07, 6.45) is 1.91. The summed E-state index contributed by atoms with van der Waals surface area (Å²) in [6, 6.07) is 18.8. The van der Waals surface area contributed by atoms with Crippen molar-refractivity contribution in [2.24, 2.45) is 0 Å². The summed E-state index contributed by atoms with van der Waals surface area (Å²) < 4.78 is 6.18. The number of fused-ring (bicyclic) bond motifs is 3. The van der Waals surface area contributed by atoms with Crippen LogP contribution in [0.5, 0.6) is 0 Å². The number of piperazine rings is 1. The second-order valence-corrected chi connectivity index (χ2v) is 6.97.